The molecule has 132 valence electrons. The molecule has 0 unspecified atom stereocenters. The smallest absolute Gasteiger partial charge is 0.260 e. The topological polar surface area (TPSA) is 182 Å². The van der Waals surface area contributed by atoms with Gasteiger partial charge in [-0.15, -0.1) is 0 Å². The summed E-state index contributed by atoms with van der Waals surface area (Å²) >= 11 is 0. The number of rotatable bonds is 3. The van der Waals surface area contributed by atoms with Gasteiger partial charge >= 0.3 is 0 Å². The van der Waals surface area contributed by atoms with Crippen molar-refractivity contribution >= 4 is 33.8 Å². The van der Waals surface area contributed by atoms with Gasteiger partial charge in [0.05, 0.1) is 21.9 Å². The Morgan fingerprint density at radius 2 is 1.96 bits per heavy atom. The van der Waals surface area contributed by atoms with E-state index in [1.165, 1.54) is 0 Å². The number of aromatic amines is 2. The summed E-state index contributed by atoms with van der Waals surface area (Å²) in [5.41, 5.74) is 6.80. The Hall–Kier alpha value is -2.73. The van der Waals surface area contributed by atoms with Crippen molar-refractivity contribution < 1.29 is 20.1 Å². The Morgan fingerprint density at radius 1 is 1.16 bits per heavy atom. The third-order valence-corrected chi connectivity index (χ3v) is 4.13. The number of anilines is 2. The van der Waals surface area contributed by atoms with E-state index >= 15 is 0 Å². The summed E-state index contributed by atoms with van der Waals surface area (Å²) in [6.45, 7) is 0.112. The second-order valence-electron chi connectivity index (χ2n) is 5.85. The fourth-order valence-electron chi connectivity index (χ4n) is 2.84. The number of fused-ring (bicyclic) bond motifs is 2. The van der Waals surface area contributed by atoms with Crippen LogP contribution in [0.15, 0.2) is 16.9 Å². The van der Waals surface area contributed by atoms with Gasteiger partial charge in [-0.2, -0.15) is 0 Å². The highest BCUT2D eigenvalue weighted by Crippen LogP contribution is 2.22. The Morgan fingerprint density at radius 3 is 2.68 bits per heavy atom. The average molecular weight is 348 g/mol. The third-order valence-electron chi connectivity index (χ3n) is 4.13. The number of nitrogens with one attached hydrogen (secondary N) is 3. The summed E-state index contributed by atoms with van der Waals surface area (Å²) in [4.78, 5) is 25.7. The van der Waals surface area contributed by atoms with Crippen LogP contribution in [0.3, 0.4) is 0 Å². The van der Waals surface area contributed by atoms with Gasteiger partial charge in [-0.3, -0.25) is 9.78 Å². The lowest BCUT2D eigenvalue weighted by Gasteiger charge is -2.14. The van der Waals surface area contributed by atoms with Gasteiger partial charge in [0.1, 0.15) is 18.3 Å². The molecule has 1 aromatic carbocycles. The normalized spacial score (nSPS) is 26.5. The number of nitrogens with two attached hydrogens (primary N) is 1. The van der Waals surface area contributed by atoms with Crippen LogP contribution in [0.4, 0.5) is 11.9 Å². The number of benzene rings is 1. The molecule has 8 N–H and O–H groups in total. The zero-order chi connectivity index (χ0) is 17.7. The Balaban J connectivity index is 1.60. The summed E-state index contributed by atoms with van der Waals surface area (Å²) in [7, 11) is 0. The van der Waals surface area contributed by atoms with Crippen LogP contribution in [0.5, 0.6) is 0 Å². The van der Waals surface area contributed by atoms with E-state index in [9.17, 15) is 20.1 Å². The highest BCUT2D eigenvalue weighted by molar-refractivity contribution is 5.93. The molecule has 25 heavy (non-hydrogen) atoms. The fraction of sp³-hybridized carbons (Fsp3) is 0.357. The van der Waals surface area contributed by atoms with Crippen LogP contribution in [0.1, 0.15) is 0 Å². The Kier molecular flexibility index (Phi) is 3.58. The summed E-state index contributed by atoms with van der Waals surface area (Å²) in [5.74, 6) is 0.400. The predicted octanol–water partition coefficient (Wildman–Crippen LogP) is -1.77. The first kappa shape index (κ1) is 15.8. The molecule has 11 heteroatoms. The molecular weight excluding hydrogens is 332 g/mol. The molecule has 1 aliphatic rings. The van der Waals surface area contributed by atoms with Gasteiger partial charge < -0.3 is 36.1 Å². The van der Waals surface area contributed by atoms with E-state index < -0.39 is 24.6 Å². The van der Waals surface area contributed by atoms with Crippen molar-refractivity contribution in [2.75, 3.05) is 17.6 Å². The van der Waals surface area contributed by atoms with Crippen molar-refractivity contribution in [2.24, 2.45) is 0 Å². The van der Waals surface area contributed by atoms with E-state index in [-0.39, 0.29) is 18.1 Å². The first-order valence-corrected chi connectivity index (χ1v) is 7.55. The summed E-state index contributed by atoms with van der Waals surface area (Å²) in [6, 6.07) is 3.24. The van der Waals surface area contributed by atoms with E-state index in [1.807, 2.05) is 0 Å². The molecule has 1 saturated heterocycles. The zero-order valence-electron chi connectivity index (χ0n) is 12.8. The number of nitrogens with zero attached hydrogens (tertiary/aromatic N) is 2. The molecule has 0 aliphatic carbocycles. The quantitative estimate of drug-likeness (QED) is 0.288. The molecule has 0 bridgehead atoms. The second-order valence-corrected chi connectivity index (χ2v) is 5.85. The predicted molar refractivity (Wildman–Crippen MR) is 87.8 cm³/mol. The molecule has 11 nitrogen and oxygen atoms in total. The Labute approximate surface area is 139 Å². The van der Waals surface area contributed by atoms with E-state index in [0.717, 1.165) is 0 Å². The molecule has 4 rings (SSSR count). The molecule has 1 aliphatic heterocycles. The highest BCUT2D eigenvalue weighted by atomic mass is 16.6. The minimum atomic E-state index is -1.42. The van der Waals surface area contributed by atoms with Gasteiger partial charge in [-0.25, -0.2) is 9.97 Å². The third kappa shape index (κ3) is 2.68. The van der Waals surface area contributed by atoms with Crippen molar-refractivity contribution in [3.63, 3.8) is 0 Å². The van der Waals surface area contributed by atoms with Gasteiger partial charge in [0.2, 0.25) is 11.9 Å². The van der Waals surface area contributed by atoms with Gasteiger partial charge in [-0.05, 0) is 12.1 Å². The minimum Gasteiger partial charge on any atom is -0.387 e. The lowest BCUT2D eigenvalue weighted by molar-refractivity contribution is -0.124. The number of nitrogen functional groups attached to an aromatic ring is 1. The van der Waals surface area contributed by atoms with Gasteiger partial charge in [0, 0.05) is 6.54 Å². The van der Waals surface area contributed by atoms with Gasteiger partial charge in [-0.1, -0.05) is 0 Å². The number of hydrogen-bond acceptors (Lipinski definition) is 9. The standard InChI is InChI=1S/C14H16N6O5/c15-13-17-5-2-7-6(1-4(5)11(23)20-13)18-14(19-7)16-3-8-9(21)10(22)12(24)25-8/h1-2,8-10,12,21-22,24H,3H2,(H2,16,18,19)(H3,15,17,20,23)/t8-,9-,10-,12-/m1/s1. The SMILES string of the molecule is Nc1nc2cc3nc(NC[C@H]4O[C@@H](O)[C@H](O)[C@@H]4O)[nH]c3cc2c(=O)[nH]1. The number of imidazole rings is 1. The molecule has 0 spiro atoms. The molecule has 3 aromatic rings. The van der Waals surface area contributed by atoms with Crippen LogP contribution in [0.2, 0.25) is 0 Å². The summed E-state index contributed by atoms with van der Waals surface area (Å²) in [5, 5.41) is 31.9. The highest BCUT2D eigenvalue weighted by Gasteiger charge is 2.41. The molecule has 0 saturated carbocycles. The van der Waals surface area contributed by atoms with Crippen molar-refractivity contribution in [3.8, 4) is 0 Å². The Bertz CT molecular complexity index is 1000. The monoisotopic (exact) mass is 348 g/mol. The minimum absolute atomic E-state index is 0.0234. The van der Waals surface area contributed by atoms with Crippen LogP contribution >= 0.6 is 0 Å². The maximum absolute atomic E-state index is 11.9. The summed E-state index contributed by atoms with van der Waals surface area (Å²) < 4.78 is 5.06. The van der Waals surface area contributed by atoms with Crippen molar-refractivity contribution in [2.45, 2.75) is 24.6 Å². The first-order valence-electron chi connectivity index (χ1n) is 7.55. The lowest BCUT2D eigenvalue weighted by Crippen LogP contribution is -2.35. The number of ether oxygens (including phenoxy) is 1. The maximum Gasteiger partial charge on any atom is 0.260 e. The van der Waals surface area contributed by atoms with E-state index in [1.54, 1.807) is 12.1 Å². The summed E-state index contributed by atoms with van der Waals surface area (Å²) in [6.07, 6.45) is -4.77. The number of aliphatic hydroxyl groups excluding tert-OH is 3. The molecule has 1 fully saturated rings. The zero-order valence-corrected chi connectivity index (χ0v) is 12.8. The lowest BCUT2D eigenvalue weighted by atomic mass is 10.1. The van der Waals surface area contributed by atoms with Crippen molar-refractivity contribution in [1.82, 2.24) is 19.9 Å². The second kappa shape index (κ2) is 5.67. The molecule has 0 amide bonds. The van der Waals surface area contributed by atoms with E-state index in [0.29, 0.717) is 27.9 Å². The number of H-pyrrole nitrogens is 2. The van der Waals surface area contributed by atoms with Crippen molar-refractivity contribution in [1.29, 1.82) is 0 Å². The van der Waals surface area contributed by atoms with Crippen LogP contribution in [-0.4, -0.2) is 66.4 Å². The maximum atomic E-state index is 11.9. The average Bonchev–Trinajstić information content (AvgIpc) is 3.06. The van der Waals surface area contributed by atoms with E-state index in [4.69, 9.17) is 10.5 Å². The van der Waals surface area contributed by atoms with Crippen LogP contribution in [-0.2, 0) is 4.74 Å². The molecule has 3 heterocycles. The molecular formula is C14H16N6O5. The van der Waals surface area contributed by atoms with Crippen molar-refractivity contribution in [3.05, 3.63) is 22.5 Å². The van der Waals surface area contributed by atoms with Gasteiger partial charge in [0.25, 0.3) is 5.56 Å². The van der Waals surface area contributed by atoms with Crippen LogP contribution < -0.4 is 16.6 Å². The molecule has 4 atom stereocenters. The number of aliphatic hydroxyl groups is 3. The number of hydrogen-bond donors (Lipinski definition) is 7. The van der Waals surface area contributed by atoms with Crippen LogP contribution in [0.25, 0.3) is 21.9 Å². The van der Waals surface area contributed by atoms with Gasteiger partial charge in [0.15, 0.2) is 6.29 Å². The first-order chi connectivity index (χ1) is 11.9. The molecule has 0 radical (unpaired) electrons. The van der Waals surface area contributed by atoms with E-state index in [2.05, 4.69) is 25.3 Å². The fourth-order valence-corrected chi connectivity index (χ4v) is 2.84. The number of aromatic nitrogens is 4. The largest absolute Gasteiger partial charge is 0.387 e. The molecule has 2 aromatic heterocycles. The van der Waals surface area contributed by atoms with Crippen LogP contribution in [0, 0.1) is 0 Å².